The van der Waals surface area contributed by atoms with E-state index in [0.717, 1.165) is 30.5 Å². The molecule has 3 atom stereocenters. The standard InChI is InChI=1S/C26H28Cl2N2O2/c1-30(16-7-3-2-4-8-16)26(32)20-12-6-11-18-17-9-5-10-19(17)24(29-23(18)20)21-13-15(27)14-22(28)25(21)31/h5-6,9,11-14,16-17,19,24,29,31H,2-4,7-8,10H2,1H3. The summed E-state index contributed by atoms with van der Waals surface area (Å²) < 4.78 is 0. The smallest absolute Gasteiger partial charge is 0.255 e. The summed E-state index contributed by atoms with van der Waals surface area (Å²) in [6.45, 7) is 0. The molecule has 6 heteroatoms. The van der Waals surface area contributed by atoms with Gasteiger partial charge in [0.25, 0.3) is 5.91 Å². The van der Waals surface area contributed by atoms with Gasteiger partial charge < -0.3 is 15.3 Å². The van der Waals surface area contributed by atoms with Crippen LogP contribution >= 0.6 is 23.2 Å². The molecule has 1 heterocycles. The summed E-state index contributed by atoms with van der Waals surface area (Å²) in [4.78, 5) is 15.5. The molecule has 1 aliphatic heterocycles. The Balaban J connectivity index is 1.55. The molecule has 3 aliphatic rings. The number of hydrogen-bond donors (Lipinski definition) is 2. The van der Waals surface area contributed by atoms with Gasteiger partial charge in [0.2, 0.25) is 0 Å². The number of aromatic hydroxyl groups is 1. The minimum absolute atomic E-state index is 0.0470. The minimum atomic E-state index is -0.201. The first-order chi connectivity index (χ1) is 15.5. The van der Waals surface area contributed by atoms with Gasteiger partial charge in [-0.05, 0) is 48.9 Å². The van der Waals surface area contributed by atoms with E-state index in [4.69, 9.17) is 23.2 Å². The molecule has 32 heavy (non-hydrogen) atoms. The molecular formula is C26H28Cl2N2O2. The van der Waals surface area contributed by atoms with Crippen molar-refractivity contribution < 1.29 is 9.90 Å². The second-order valence-corrected chi connectivity index (χ2v) is 10.1. The number of halogens is 2. The van der Waals surface area contributed by atoms with Gasteiger partial charge in [-0.25, -0.2) is 0 Å². The minimum Gasteiger partial charge on any atom is -0.506 e. The number of allylic oxidation sites excluding steroid dienone is 2. The van der Waals surface area contributed by atoms with E-state index in [1.807, 2.05) is 24.1 Å². The number of benzene rings is 2. The molecule has 3 unspecified atom stereocenters. The molecular weight excluding hydrogens is 443 g/mol. The van der Waals surface area contributed by atoms with Gasteiger partial charge in [-0.2, -0.15) is 0 Å². The zero-order valence-electron chi connectivity index (χ0n) is 18.2. The van der Waals surface area contributed by atoms with E-state index in [1.54, 1.807) is 12.1 Å². The van der Waals surface area contributed by atoms with Crippen LogP contribution in [-0.2, 0) is 0 Å². The molecule has 168 valence electrons. The average molecular weight is 471 g/mol. The first-order valence-electron chi connectivity index (χ1n) is 11.5. The van der Waals surface area contributed by atoms with Crippen LogP contribution in [0.2, 0.25) is 10.0 Å². The van der Waals surface area contributed by atoms with Crippen LogP contribution in [0.1, 0.15) is 72.0 Å². The van der Waals surface area contributed by atoms with Crippen LogP contribution in [0.5, 0.6) is 5.75 Å². The number of carbonyl (C=O) groups is 1. The molecule has 0 spiro atoms. The molecule has 1 saturated carbocycles. The Morgan fingerprint density at radius 2 is 1.91 bits per heavy atom. The second-order valence-electron chi connectivity index (χ2n) is 9.28. The van der Waals surface area contributed by atoms with Gasteiger partial charge in [0.05, 0.1) is 22.3 Å². The Labute approximate surface area is 199 Å². The van der Waals surface area contributed by atoms with E-state index in [0.29, 0.717) is 22.2 Å². The maximum atomic E-state index is 13.6. The third kappa shape index (κ3) is 3.68. The molecule has 0 bridgehead atoms. The number of nitrogens with one attached hydrogen (secondary N) is 1. The first-order valence-corrected chi connectivity index (χ1v) is 12.2. The Morgan fingerprint density at radius 3 is 2.69 bits per heavy atom. The molecule has 1 fully saturated rings. The number of phenolic OH excluding ortho intramolecular Hbond substituents is 1. The molecule has 2 aromatic carbocycles. The summed E-state index contributed by atoms with van der Waals surface area (Å²) in [5.74, 6) is 0.477. The van der Waals surface area contributed by atoms with Crippen molar-refractivity contribution in [3.63, 3.8) is 0 Å². The predicted molar refractivity (Wildman–Crippen MR) is 130 cm³/mol. The van der Waals surface area contributed by atoms with Crippen LogP contribution in [-0.4, -0.2) is 29.0 Å². The number of fused-ring (bicyclic) bond motifs is 3. The van der Waals surface area contributed by atoms with Crippen molar-refractivity contribution in [2.75, 3.05) is 12.4 Å². The summed E-state index contributed by atoms with van der Waals surface area (Å²) in [6, 6.07) is 9.42. The molecule has 0 aromatic heterocycles. The number of anilines is 1. The van der Waals surface area contributed by atoms with E-state index in [9.17, 15) is 9.90 Å². The zero-order valence-corrected chi connectivity index (χ0v) is 19.7. The van der Waals surface area contributed by atoms with Crippen molar-refractivity contribution in [1.82, 2.24) is 4.90 Å². The van der Waals surface area contributed by atoms with Gasteiger partial charge in [-0.3, -0.25) is 4.79 Å². The maximum Gasteiger partial charge on any atom is 0.255 e. The lowest BCUT2D eigenvalue weighted by atomic mass is 9.76. The van der Waals surface area contributed by atoms with Gasteiger partial charge in [0.1, 0.15) is 5.75 Å². The van der Waals surface area contributed by atoms with Gasteiger partial charge in [0.15, 0.2) is 0 Å². The van der Waals surface area contributed by atoms with Crippen molar-refractivity contribution >= 4 is 34.8 Å². The van der Waals surface area contributed by atoms with Gasteiger partial charge in [0, 0.05) is 29.6 Å². The lowest BCUT2D eigenvalue weighted by Gasteiger charge is -2.39. The Bertz CT molecular complexity index is 1080. The monoisotopic (exact) mass is 470 g/mol. The van der Waals surface area contributed by atoms with Crippen LogP contribution in [0.25, 0.3) is 0 Å². The Kier molecular flexibility index (Phi) is 5.85. The van der Waals surface area contributed by atoms with Crippen LogP contribution in [0.3, 0.4) is 0 Å². The highest BCUT2D eigenvalue weighted by molar-refractivity contribution is 6.35. The number of amides is 1. The van der Waals surface area contributed by atoms with E-state index in [1.165, 1.54) is 19.3 Å². The molecule has 1 amide bonds. The normalized spacial score (nSPS) is 24.5. The van der Waals surface area contributed by atoms with E-state index >= 15 is 0 Å². The highest BCUT2D eigenvalue weighted by Gasteiger charge is 2.41. The third-order valence-electron chi connectivity index (χ3n) is 7.46. The van der Waals surface area contributed by atoms with Gasteiger partial charge >= 0.3 is 0 Å². The van der Waals surface area contributed by atoms with Gasteiger partial charge in [-0.1, -0.05) is 66.7 Å². The summed E-state index contributed by atoms with van der Waals surface area (Å²) in [7, 11) is 1.93. The third-order valence-corrected chi connectivity index (χ3v) is 7.97. The fourth-order valence-electron chi connectivity index (χ4n) is 5.75. The molecule has 2 aliphatic carbocycles. The quantitative estimate of drug-likeness (QED) is 0.478. The highest BCUT2D eigenvalue weighted by Crippen LogP contribution is 2.53. The second kappa shape index (κ2) is 8.64. The van der Waals surface area contributed by atoms with Crippen molar-refractivity contribution in [1.29, 1.82) is 0 Å². The summed E-state index contributed by atoms with van der Waals surface area (Å²) in [6.07, 6.45) is 11.0. The lowest BCUT2D eigenvalue weighted by Crippen LogP contribution is -2.39. The molecule has 2 N–H and O–H groups in total. The summed E-state index contributed by atoms with van der Waals surface area (Å²) >= 11 is 12.5. The Hall–Kier alpha value is -2.17. The number of phenols is 1. The predicted octanol–water partition coefficient (Wildman–Crippen LogP) is 6.93. The number of para-hydroxylation sites is 1. The SMILES string of the molecule is CN(C(=O)c1cccc2c1NC(c1cc(Cl)cc(Cl)c1O)C1CC=CC21)C1CCCCC1. The van der Waals surface area contributed by atoms with Crippen LogP contribution in [0.4, 0.5) is 5.69 Å². The van der Waals surface area contributed by atoms with E-state index < -0.39 is 0 Å². The summed E-state index contributed by atoms with van der Waals surface area (Å²) in [5.41, 5.74) is 3.35. The van der Waals surface area contributed by atoms with Crippen molar-refractivity contribution in [2.45, 2.75) is 56.5 Å². The fourth-order valence-corrected chi connectivity index (χ4v) is 6.26. The molecule has 0 radical (unpaired) electrons. The fraction of sp³-hybridized carbons (Fsp3) is 0.423. The van der Waals surface area contributed by atoms with Crippen LogP contribution < -0.4 is 5.32 Å². The van der Waals surface area contributed by atoms with Crippen LogP contribution in [0, 0.1) is 5.92 Å². The summed E-state index contributed by atoms with van der Waals surface area (Å²) in [5, 5.41) is 15.1. The average Bonchev–Trinajstić information content (AvgIpc) is 3.30. The van der Waals surface area contributed by atoms with Crippen molar-refractivity contribution in [2.24, 2.45) is 5.92 Å². The van der Waals surface area contributed by atoms with E-state index in [2.05, 4.69) is 23.5 Å². The zero-order chi connectivity index (χ0) is 22.4. The molecule has 4 nitrogen and oxygen atoms in total. The van der Waals surface area contributed by atoms with Crippen molar-refractivity contribution in [3.05, 3.63) is 69.2 Å². The Morgan fingerprint density at radius 1 is 1.12 bits per heavy atom. The molecule has 2 aromatic rings. The number of hydrogen-bond acceptors (Lipinski definition) is 3. The number of rotatable bonds is 3. The molecule has 0 saturated heterocycles. The first kappa shape index (κ1) is 21.7. The van der Waals surface area contributed by atoms with Crippen molar-refractivity contribution in [3.8, 4) is 5.75 Å². The van der Waals surface area contributed by atoms with Crippen LogP contribution in [0.15, 0.2) is 42.5 Å². The van der Waals surface area contributed by atoms with E-state index in [-0.39, 0.29) is 34.6 Å². The topological polar surface area (TPSA) is 52.6 Å². The largest absolute Gasteiger partial charge is 0.506 e. The highest BCUT2D eigenvalue weighted by atomic mass is 35.5. The lowest BCUT2D eigenvalue weighted by molar-refractivity contribution is 0.0697. The molecule has 5 rings (SSSR count). The number of nitrogens with zero attached hydrogens (tertiary/aromatic N) is 1. The number of carbonyl (C=O) groups excluding carboxylic acids is 1. The maximum absolute atomic E-state index is 13.6. The van der Waals surface area contributed by atoms with Gasteiger partial charge in [-0.15, -0.1) is 0 Å².